The van der Waals surface area contributed by atoms with Crippen LogP contribution in [0.3, 0.4) is 0 Å². The van der Waals surface area contributed by atoms with Crippen molar-refractivity contribution in [3.8, 4) is 5.75 Å². The summed E-state index contributed by atoms with van der Waals surface area (Å²) in [5.41, 5.74) is 2.89. The summed E-state index contributed by atoms with van der Waals surface area (Å²) in [6.07, 6.45) is 3.21. The lowest BCUT2D eigenvalue weighted by Crippen LogP contribution is -2.36. The Morgan fingerprint density at radius 2 is 1.68 bits per heavy atom. The Kier molecular flexibility index (Phi) is 6.85. The number of fused-ring (bicyclic) bond motifs is 1. The number of carbonyl (C=O) groups excluding carboxylic acids is 1. The van der Waals surface area contributed by atoms with Gasteiger partial charge >= 0.3 is 0 Å². The van der Waals surface area contributed by atoms with E-state index in [1.165, 1.54) is 30.3 Å². The summed E-state index contributed by atoms with van der Waals surface area (Å²) in [6.45, 7) is 2.92. The van der Waals surface area contributed by atoms with Crippen LogP contribution in [0, 0.1) is 0 Å². The fourth-order valence-corrected chi connectivity index (χ4v) is 5.17. The summed E-state index contributed by atoms with van der Waals surface area (Å²) in [5.74, 6) is -0.682. The minimum Gasteiger partial charge on any atom is -0.508 e. The van der Waals surface area contributed by atoms with E-state index in [2.05, 4.69) is 19.9 Å². The number of nitrogens with one attached hydrogen (secondary N) is 3. The average Bonchev–Trinajstić information content (AvgIpc) is 3.32. The van der Waals surface area contributed by atoms with Gasteiger partial charge in [-0.2, -0.15) is 0 Å². The summed E-state index contributed by atoms with van der Waals surface area (Å²) >= 11 is 0. The number of morpholine rings is 1. The van der Waals surface area contributed by atoms with Gasteiger partial charge in [-0.1, -0.05) is 18.2 Å². The van der Waals surface area contributed by atoms with Gasteiger partial charge in [0.2, 0.25) is 0 Å². The van der Waals surface area contributed by atoms with Gasteiger partial charge in [-0.3, -0.25) is 9.52 Å². The second-order valence-electron chi connectivity index (χ2n) is 8.55. The fourth-order valence-electron chi connectivity index (χ4n) is 4.11. The molecule has 1 aromatic heterocycles. The Morgan fingerprint density at radius 1 is 0.973 bits per heavy atom. The molecule has 9 nitrogen and oxygen atoms in total. The summed E-state index contributed by atoms with van der Waals surface area (Å²) in [6, 6.07) is 20.0. The molecule has 4 aromatic rings. The largest absolute Gasteiger partial charge is 0.508 e. The highest BCUT2D eigenvalue weighted by Crippen LogP contribution is 2.23. The van der Waals surface area contributed by atoms with Crippen molar-refractivity contribution in [2.75, 3.05) is 36.5 Å². The minimum atomic E-state index is -4.11. The first-order valence-corrected chi connectivity index (χ1v) is 13.2. The molecule has 4 N–H and O–H groups in total. The Labute approximate surface area is 214 Å². The van der Waals surface area contributed by atoms with Crippen molar-refractivity contribution < 1.29 is 23.1 Å². The smallest absolute Gasteiger partial charge is 0.272 e. The van der Waals surface area contributed by atoms with Crippen molar-refractivity contribution in [2.45, 2.75) is 4.90 Å². The normalized spacial score (nSPS) is 14.5. The third-order valence-electron chi connectivity index (χ3n) is 6.06. The Hall–Kier alpha value is -4.28. The Morgan fingerprint density at radius 3 is 2.41 bits per heavy atom. The van der Waals surface area contributed by atoms with Crippen LogP contribution in [0.5, 0.6) is 5.75 Å². The number of benzene rings is 3. The van der Waals surface area contributed by atoms with Gasteiger partial charge in [0, 0.05) is 47.1 Å². The van der Waals surface area contributed by atoms with Crippen LogP contribution in [-0.2, 0) is 19.6 Å². The molecule has 1 saturated heterocycles. The number of hydrogen-bond acceptors (Lipinski definition) is 6. The molecule has 2 heterocycles. The quantitative estimate of drug-likeness (QED) is 0.277. The number of amides is 1. The predicted octanol–water partition coefficient (Wildman–Crippen LogP) is 3.67. The van der Waals surface area contributed by atoms with Crippen LogP contribution in [0.4, 0.5) is 11.4 Å². The molecule has 0 radical (unpaired) electrons. The van der Waals surface area contributed by atoms with Crippen LogP contribution < -0.4 is 14.9 Å². The van der Waals surface area contributed by atoms with Gasteiger partial charge in [0.25, 0.3) is 15.9 Å². The molecule has 0 bridgehead atoms. The van der Waals surface area contributed by atoms with Crippen LogP contribution in [0.15, 0.2) is 89.6 Å². The number of aromatic nitrogens is 1. The first-order valence-electron chi connectivity index (χ1n) is 11.7. The van der Waals surface area contributed by atoms with Gasteiger partial charge in [0.15, 0.2) is 0 Å². The number of ether oxygens (including phenoxy) is 1. The van der Waals surface area contributed by atoms with Crippen molar-refractivity contribution in [3.05, 3.63) is 90.3 Å². The molecular formula is C27H26N4O5S. The van der Waals surface area contributed by atoms with Gasteiger partial charge in [-0.25, -0.2) is 8.42 Å². The number of aromatic amines is 1. The summed E-state index contributed by atoms with van der Waals surface area (Å²) in [7, 11) is -4.11. The molecule has 1 fully saturated rings. The first-order chi connectivity index (χ1) is 17.9. The SMILES string of the molecule is O=C(Nc1ccc(N2CCOCC2)cc1)C(=Cc1c[nH]c2ccccc12)NS(=O)(=O)c1ccc(O)cc1. The van der Waals surface area contributed by atoms with Gasteiger partial charge < -0.3 is 25.0 Å². The lowest BCUT2D eigenvalue weighted by Gasteiger charge is -2.28. The zero-order valence-corrected chi connectivity index (χ0v) is 20.7. The maximum atomic E-state index is 13.3. The fraction of sp³-hybridized carbons (Fsp3) is 0.148. The number of rotatable bonds is 7. The predicted molar refractivity (Wildman–Crippen MR) is 143 cm³/mol. The molecule has 1 aliphatic rings. The number of hydrogen-bond donors (Lipinski definition) is 4. The Bertz CT molecular complexity index is 1540. The molecule has 5 rings (SSSR count). The maximum Gasteiger partial charge on any atom is 0.272 e. The number of aromatic hydroxyl groups is 1. The number of nitrogens with zero attached hydrogens (tertiary/aromatic N) is 1. The average molecular weight is 519 g/mol. The number of phenols is 1. The number of sulfonamides is 1. The molecule has 0 unspecified atom stereocenters. The van der Waals surface area contributed by atoms with Crippen LogP contribution in [0.2, 0.25) is 0 Å². The van der Waals surface area contributed by atoms with E-state index in [4.69, 9.17) is 4.74 Å². The first kappa shape index (κ1) is 24.4. The van der Waals surface area contributed by atoms with Gasteiger partial charge in [0.1, 0.15) is 11.4 Å². The lowest BCUT2D eigenvalue weighted by molar-refractivity contribution is -0.113. The highest BCUT2D eigenvalue weighted by molar-refractivity contribution is 7.89. The van der Waals surface area contributed by atoms with Crippen molar-refractivity contribution in [1.82, 2.24) is 9.71 Å². The van der Waals surface area contributed by atoms with Gasteiger partial charge in [0.05, 0.1) is 18.1 Å². The second-order valence-corrected chi connectivity index (χ2v) is 10.2. The number of phenolic OH excluding ortho intramolecular Hbond substituents is 1. The van der Waals surface area contributed by atoms with E-state index in [-0.39, 0.29) is 16.3 Å². The van der Waals surface area contributed by atoms with Crippen LogP contribution in [0.1, 0.15) is 5.56 Å². The monoisotopic (exact) mass is 518 g/mol. The summed E-state index contributed by atoms with van der Waals surface area (Å²) in [4.78, 5) is 18.6. The molecule has 3 aromatic carbocycles. The second kappa shape index (κ2) is 10.4. The molecule has 0 aliphatic carbocycles. The number of para-hydroxylation sites is 1. The van der Waals surface area contributed by atoms with Crippen LogP contribution in [0.25, 0.3) is 17.0 Å². The third kappa shape index (κ3) is 5.60. The number of H-pyrrole nitrogens is 1. The van der Waals surface area contributed by atoms with Crippen LogP contribution >= 0.6 is 0 Å². The van der Waals surface area contributed by atoms with E-state index < -0.39 is 15.9 Å². The molecule has 37 heavy (non-hydrogen) atoms. The van der Waals surface area contributed by atoms with E-state index in [1.54, 1.807) is 18.3 Å². The standard InChI is InChI=1S/C27H26N4O5S/c32-22-9-11-23(12-10-22)37(34,35)30-26(17-19-18-28-25-4-2-1-3-24(19)25)27(33)29-20-5-7-21(8-6-20)31-13-15-36-16-14-31/h1-12,17-18,28,30,32H,13-16H2,(H,29,33). The summed E-state index contributed by atoms with van der Waals surface area (Å²) in [5, 5.41) is 13.2. The van der Waals surface area contributed by atoms with E-state index in [0.717, 1.165) is 29.7 Å². The highest BCUT2D eigenvalue weighted by atomic mass is 32.2. The molecule has 0 atom stereocenters. The van der Waals surface area contributed by atoms with E-state index in [0.29, 0.717) is 24.5 Å². The van der Waals surface area contributed by atoms with Crippen molar-refractivity contribution >= 4 is 44.3 Å². The molecule has 0 spiro atoms. The number of anilines is 2. The molecule has 190 valence electrons. The molecular weight excluding hydrogens is 492 g/mol. The molecule has 0 saturated carbocycles. The van der Waals surface area contributed by atoms with E-state index >= 15 is 0 Å². The molecule has 1 aliphatic heterocycles. The molecule has 10 heteroatoms. The van der Waals surface area contributed by atoms with E-state index in [9.17, 15) is 18.3 Å². The number of carbonyl (C=O) groups is 1. The zero-order chi connectivity index (χ0) is 25.8. The highest BCUT2D eigenvalue weighted by Gasteiger charge is 2.21. The van der Waals surface area contributed by atoms with Gasteiger partial charge in [-0.15, -0.1) is 0 Å². The Balaban J connectivity index is 1.43. The third-order valence-corrected chi connectivity index (χ3v) is 7.44. The van der Waals surface area contributed by atoms with Crippen molar-refractivity contribution in [1.29, 1.82) is 0 Å². The molecule has 1 amide bonds. The van der Waals surface area contributed by atoms with Crippen LogP contribution in [-0.4, -0.2) is 50.7 Å². The topological polar surface area (TPSA) is 124 Å². The van der Waals surface area contributed by atoms with Crippen molar-refractivity contribution in [2.24, 2.45) is 0 Å². The summed E-state index contributed by atoms with van der Waals surface area (Å²) < 4.78 is 34.0. The minimum absolute atomic E-state index is 0.0632. The van der Waals surface area contributed by atoms with E-state index in [1.807, 2.05) is 36.4 Å². The van der Waals surface area contributed by atoms with Crippen molar-refractivity contribution in [3.63, 3.8) is 0 Å². The lowest BCUT2D eigenvalue weighted by atomic mass is 10.1. The zero-order valence-electron chi connectivity index (χ0n) is 19.8. The van der Waals surface area contributed by atoms with Gasteiger partial charge in [-0.05, 0) is 60.7 Å². The maximum absolute atomic E-state index is 13.3.